The molecule has 1 aromatic heterocycles. The van der Waals surface area contributed by atoms with Gasteiger partial charge in [-0.25, -0.2) is 4.98 Å². The van der Waals surface area contributed by atoms with Crippen LogP contribution < -0.4 is 5.32 Å². The summed E-state index contributed by atoms with van der Waals surface area (Å²) in [5, 5.41) is 3.07. The molecule has 16 heavy (non-hydrogen) atoms. The topological polar surface area (TPSA) is 42.0 Å². The summed E-state index contributed by atoms with van der Waals surface area (Å²) < 4.78 is 0. The van der Waals surface area contributed by atoms with Gasteiger partial charge in [0.25, 0.3) is 5.91 Å². The van der Waals surface area contributed by atoms with Crippen molar-refractivity contribution in [2.45, 2.75) is 0 Å². The number of nitrogens with one attached hydrogen (secondary N) is 1. The van der Waals surface area contributed by atoms with Crippen LogP contribution in [0.25, 0.3) is 0 Å². The molecule has 80 valence electrons. The molecule has 0 unspecified atom stereocenters. The molecule has 0 aliphatic rings. The Morgan fingerprint density at radius 3 is 2.62 bits per heavy atom. The predicted molar refractivity (Wildman–Crippen MR) is 63.6 cm³/mol. The number of carbonyl (C=O) groups is 1. The lowest BCUT2D eigenvalue weighted by molar-refractivity contribution is 0.102. The third kappa shape index (κ3) is 2.58. The molecule has 4 heteroatoms. The van der Waals surface area contributed by atoms with Crippen molar-refractivity contribution in [1.29, 1.82) is 0 Å². The van der Waals surface area contributed by atoms with Crippen molar-refractivity contribution in [2.24, 2.45) is 0 Å². The summed E-state index contributed by atoms with van der Waals surface area (Å²) in [5.41, 5.74) is 1.24. The van der Waals surface area contributed by atoms with Gasteiger partial charge >= 0.3 is 0 Å². The summed E-state index contributed by atoms with van der Waals surface area (Å²) in [6.45, 7) is 0. The van der Waals surface area contributed by atoms with Gasteiger partial charge in [-0.15, -0.1) is 0 Å². The minimum atomic E-state index is -0.199. The number of hydrogen-bond acceptors (Lipinski definition) is 2. The molecule has 0 bridgehead atoms. The average Bonchev–Trinajstić information content (AvgIpc) is 2.30. The Labute approximate surface area is 98.1 Å². The quantitative estimate of drug-likeness (QED) is 0.809. The van der Waals surface area contributed by atoms with Gasteiger partial charge in [0.1, 0.15) is 5.15 Å². The fraction of sp³-hybridized carbons (Fsp3) is 0. The number of amides is 1. The van der Waals surface area contributed by atoms with Crippen molar-refractivity contribution in [2.75, 3.05) is 5.32 Å². The van der Waals surface area contributed by atoms with Gasteiger partial charge in [-0.05, 0) is 24.3 Å². The van der Waals surface area contributed by atoms with E-state index in [2.05, 4.69) is 10.3 Å². The van der Waals surface area contributed by atoms with E-state index < -0.39 is 0 Å². The van der Waals surface area contributed by atoms with Crippen molar-refractivity contribution in [3.63, 3.8) is 0 Å². The number of halogens is 1. The Morgan fingerprint density at radius 2 is 1.94 bits per heavy atom. The normalized spacial score (nSPS) is 9.81. The van der Waals surface area contributed by atoms with Gasteiger partial charge < -0.3 is 5.32 Å². The Kier molecular flexibility index (Phi) is 3.17. The van der Waals surface area contributed by atoms with Crippen LogP contribution in [0.1, 0.15) is 10.4 Å². The lowest BCUT2D eigenvalue weighted by Crippen LogP contribution is -2.11. The third-order valence-electron chi connectivity index (χ3n) is 2.02. The van der Waals surface area contributed by atoms with Gasteiger partial charge in [0.05, 0.1) is 0 Å². The Hall–Kier alpha value is -1.87. The monoisotopic (exact) mass is 232 g/mol. The molecule has 0 saturated heterocycles. The lowest BCUT2D eigenvalue weighted by atomic mass is 10.2. The van der Waals surface area contributed by atoms with Gasteiger partial charge in [-0.2, -0.15) is 0 Å². The Balaban J connectivity index is 2.15. The van der Waals surface area contributed by atoms with Crippen molar-refractivity contribution < 1.29 is 4.79 Å². The van der Waals surface area contributed by atoms with Crippen LogP contribution >= 0.6 is 11.6 Å². The average molecular weight is 233 g/mol. The smallest absolute Gasteiger partial charge is 0.255 e. The Bertz CT molecular complexity index is 499. The molecular weight excluding hydrogens is 224 g/mol. The number of carbonyl (C=O) groups excluding carboxylic acids is 1. The summed E-state index contributed by atoms with van der Waals surface area (Å²) in [6, 6.07) is 12.4. The van der Waals surface area contributed by atoms with E-state index >= 15 is 0 Å². The highest BCUT2D eigenvalue weighted by atomic mass is 35.5. The third-order valence-corrected chi connectivity index (χ3v) is 2.23. The number of benzene rings is 1. The fourth-order valence-electron chi connectivity index (χ4n) is 1.27. The first-order valence-electron chi connectivity index (χ1n) is 4.73. The SMILES string of the molecule is O=C(Nc1ccccc1)c1ccnc(Cl)c1. The highest BCUT2D eigenvalue weighted by Crippen LogP contribution is 2.11. The second kappa shape index (κ2) is 4.77. The maximum atomic E-state index is 11.8. The highest BCUT2D eigenvalue weighted by molar-refractivity contribution is 6.29. The molecule has 0 atom stereocenters. The first-order valence-corrected chi connectivity index (χ1v) is 5.11. The van der Waals surface area contributed by atoms with E-state index in [1.807, 2.05) is 30.3 Å². The summed E-state index contributed by atoms with van der Waals surface area (Å²) in [7, 11) is 0. The molecule has 1 aromatic carbocycles. The standard InChI is InChI=1S/C12H9ClN2O/c13-11-8-9(6-7-14-11)12(16)15-10-4-2-1-3-5-10/h1-8H,(H,15,16). The van der Waals surface area contributed by atoms with Crippen LogP contribution in [0, 0.1) is 0 Å². The molecule has 1 heterocycles. The van der Waals surface area contributed by atoms with Gasteiger partial charge in [0.15, 0.2) is 0 Å². The van der Waals surface area contributed by atoms with Crippen LogP contribution in [0.5, 0.6) is 0 Å². The van der Waals surface area contributed by atoms with Crippen LogP contribution in [0.2, 0.25) is 5.15 Å². The maximum Gasteiger partial charge on any atom is 0.255 e. The molecular formula is C12H9ClN2O. The number of nitrogens with zero attached hydrogens (tertiary/aromatic N) is 1. The molecule has 0 fully saturated rings. The minimum Gasteiger partial charge on any atom is -0.322 e. The number of aromatic nitrogens is 1. The predicted octanol–water partition coefficient (Wildman–Crippen LogP) is 2.99. The minimum absolute atomic E-state index is 0.199. The first-order chi connectivity index (χ1) is 7.75. The maximum absolute atomic E-state index is 11.8. The number of rotatable bonds is 2. The van der Waals surface area contributed by atoms with Crippen LogP contribution in [-0.2, 0) is 0 Å². The zero-order valence-corrected chi connectivity index (χ0v) is 9.11. The molecule has 0 radical (unpaired) electrons. The van der Waals surface area contributed by atoms with E-state index in [-0.39, 0.29) is 5.91 Å². The second-order valence-electron chi connectivity index (χ2n) is 3.19. The van der Waals surface area contributed by atoms with E-state index in [0.29, 0.717) is 10.7 Å². The fourth-order valence-corrected chi connectivity index (χ4v) is 1.44. The van der Waals surface area contributed by atoms with Crippen LogP contribution in [-0.4, -0.2) is 10.9 Å². The number of anilines is 1. The second-order valence-corrected chi connectivity index (χ2v) is 3.57. The van der Waals surface area contributed by atoms with Gasteiger partial charge in [-0.1, -0.05) is 29.8 Å². The van der Waals surface area contributed by atoms with E-state index in [4.69, 9.17) is 11.6 Å². The van der Waals surface area contributed by atoms with Crippen molar-refractivity contribution in [3.8, 4) is 0 Å². The number of hydrogen-bond donors (Lipinski definition) is 1. The van der Waals surface area contributed by atoms with Crippen molar-refractivity contribution in [3.05, 3.63) is 59.4 Å². The van der Waals surface area contributed by atoms with Gasteiger partial charge in [0, 0.05) is 17.4 Å². The van der Waals surface area contributed by atoms with Gasteiger partial charge in [-0.3, -0.25) is 4.79 Å². The summed E-state index contributed by atoms with van der Waals surface area (Å²) in [4.78, 5) is 15.6. The van der Waals surface area contributed by atoms with E-state index in [9.17, 15) is 4.79 Å². The largest absolute Gasteiger partial charge is 0.322 e. The summed E-state index contributed by atoms with van der Waals surface area (Å²) >= 11 is 5.70. The zero-order valence-electron chi connectivity index (χ0n) is 8.35. The van der Waals surface area contributed by atoms with Gasteiger partial charge in [0.2, 0.25) is 0 Å². The number of pyridine rings is 1. The molecule has 0 aliphatic carbocycles. The summed E-state index contributed by atoms with van der Waals surface area (Å²) in [5.74, 6) is -0.199. The van der Waals surface area contributed by atoms with E-state index in [0.717, 1.165) is 5.69 Å². The zero-order chi connectivity index (χ0) is 11.4. The molecule has 1 N–H and O–H groups in total. The van der Waals surface area contributed by atoms with E-state index in [1.165, 1.54) is 12.3 Å². The molecule has 0 aliphatic heterocycles. The molecule has 0 spiro atoms. The van der Waals surface area contributed by atoms with Crippen LogP contribution in [0.3, 0.4) is 0 Å². The molecule has 2 aromatic rings. The van der Waals surface area contributed by atoms with Crippen LogP contribution in [0.4, 0.5) is 5.69 Å². The van der Waals surface area contributed by atoms with Crippen molar-refractivity contribution in [1.82, 2.24) is 4.98 Å². The molecule has 1 amide bonds. The molecule has 0 saturated carbocycles. The van der Waals surface area contributed by atoms with Crippen molar-refractivity contribution >= 4 is 23.2 Å². The number of para-hydroxylation sites is 1. The van der Waals surface area contributed by atoms with E-state index in [1.54, 1.807) is 6.07 Å². The molecule has 2 rings (SSSR count). The lowest BCUT2D eigenvalue weighted by Gasteiger charge is -2.04. The Morgan fingerprint density at radius 1 is 1.19 bits per heavy atom. The summed E-state index contributed by atoms with van der Waals surface area (Å²) in [6.07, 6.45) is 1.50. The van der Waals surface area contributed by atoms with Crippen LogP contribution in [0.15, 0.2) is 48.7 Å². The molecule has 3 nitrogen and oxygen atoms in total. The highest BCUT2D eigenvalue weighted by Gasteiger charge is 2.06. The first kappa shape index (κ1) is 10.6.